The SMILES string of the molecule is Cc1csc(CC2(O)CCN(C(=O)[C@H](C)c3ccccc3)CC2)n1. The van der Waals surface area contributed by atoms with Crippen LogP contribution in [0.25, 0.3) is 0 Å². The number of benzene rings is 1. The van der Waals surface area contributed by atoms with Gasteiger partial charge in [-0.25, -0.2) is 4.98 Å². The van der Waals surface area contributed by atoms with E-state index >= 15 is 0 Å². The Balaban J connectivity index is 1.59. The lowest BCUT2D eigenvalue weighted by Gasteiger charge is -2.38. The topological polar surface area (TPSA) is 53.4 Å². The third-order valence-corrected chi connectivity index (χ3v) is 5.79. The molecule has 128 valence electrons. The predicted octanol–water partition coefficient (Wildman–Crippen LogP) is 3.15. The van der Waals surface area contributed by atoms with E-state index in [9.17, 15) is 9.90 Å². The number of rotatable bonds is 4. The first kappa shape index (κ1) is 17.1. The van der Waals surface area contributed by atoms with Crippen molar-refractivity contribution in [2.75, 3.05) is 13.1 Å². The quantitative estimate of drug-likeness (QED) is 0.927. The van der Waals surface area contributed by atoms with Crippen molar-refractivity contribution in [3.8, 4) is 0 Å². The van der Waals surface area contributed by atoms with Gasteiger partial charge >= 0.3 is 0 Å². The maximum Gasteiger partial charge on any atom is 0.229 e. The second-order valence-electron chi connectivity index (χ2n) is 6.74. The average molecular weight is 344 g/mol. The van der Waals surface area contributed by atoms with Crippen LogP contribution in [0.15, 0.2) is 35.7 Å². The third kappa shape index (κ3) is 3.84. The van der Waals surface area contributed by atoms with E-state index < -0.39 is 5.60 Å². The third-order valence-electron chi connectivity index (χ3n) is 4.82. The van der Waals surface area contributed by atoms with E-state index in [0.29, 0.717) is 32.4 Å². The Bertz CT molecular complexity index is 690. The average Bonchev–Trinajstić information content (AvgIpc) is 2.99. The summed E-state index contributed by atoms with van der Waals surface area (Å²) in [5.74, 6) is 0.00680. The van der Waals surface area contributed by atoms with Crippen LogP contribution in [-0.4, -0.2) is 39.6 Å². The number of thiazole rings is 1. The standard InChI is InChI=1S/C19H24N2O2S/c1-14-13-24-17(20-14)12-19(23)8-10-21(11-9-19)18(22)15(2)16-6-4-3-5-7-16/h3-7,13,15,23H,8-12H2,1-2H3/t15-/m1/s1. The Labute approximate surface area is 147 Å². The molecule has 1 aromatic carbocycles. The van der Waals surface area contributed by atoms with E-state index in [4.69, 9.17) is 0 Å². The van der Waals surface area contributed by atoms with Crippen LogP contribution in [0.2, 0.25) is 0 Å². The van der Waals surface area contributed by atoms with Crippen molar-refractivity contribution in [2.45, 2.75) is 44.6 Å². The highest BCUT2D eigenvalue weighted by Crippen LogP contribution is 2.29. The van der Waals surface area contributed by atoms with Crippen LogP contribution in [0.5, 0.6) is 0 Å². The van der Waals surface area contributed by atoms with Gasteiger partial charge < -0.3 is 10.0 Å². The van der Waals surface area contributed by atoms with Gasteiger partial charge in [0.15, 0.2) is 0 Å². The summed E-state index contributed by atoms with van der Waals surface area (Å²) in [6, 6.07) is 9.87. The molecule has 5 heteroatoms. The Kier molecular flexibility index (Phi) is 5.01. The first-order valence-electron chi connectivity index (χ1n) is 8.44. The minimum Gasteiger partial charge on any atom is -0.389 e. The molecule has 0 radical (unpaired) electrons. The highest BCUT2D eigenvalue weighted by Gasteiger charge is 2.35. The molecule has 1 aliphatic rings. The number of carbonyl (C=O) groups is 1. The Morgan fingerprint density at radius 1 is 1.33 bits per heavy atom. The second kappa shape index (κ2) is 7.03. The largest absolute Gasteiger partial charge is 0.389 e. The van der Waals surface area contributed by atoms with Crippen LogP contribution in [0.1, 0.15) is 41.9 Å². The fraction of sp³-hybridized carbons (Fsp3) is 0.474. The monoisotopic (exact) mass is 344 g/mol. The molecule has 0 unspecified atom stereocenters. The summed E-state index contributed by atoms with van der Waals surface area (Å²) in [6.45, 7) is 5.14. The van der Waals surface area contributed by atoms with Crippen molar-refractivity contribution in [1.29, 1.82) is 0 Å². The van der Waals surface area contributed by atoms with Gasteiger partial charge in [-0.05, 0) is 32.3 Å². The summed E-state index contributed by atoms with van der Waals surface area (Å²) in [4.78, 5) is 19.0. The number of aliphatic hydroxyl groups is 1. The summed E-state index contributed by atoms with van der Waals surface area (Å²) < 4.78 is 0. The molecule has 1 N–H and O–H groups in total. The summed E-state index contributed by atoms with van der Waals surface area (Å²) >= 11 is 1.60. The lowest BCUT2D eigenvalue weighted by atomic mass is 9.87. The van der Waals surface area contributed by atoms with Gasteiger partial charge in [-0.15, -0.1) is 11.3 Å². The minimum absolute atomic E-state index is 0.140. The van der Waals surface area contributed by atoms with E-state index in [1.165, 1.54) is 0 Å². The van der Waals surface area contributed by atoms with Gasteiger partial charge in [0.2, 0.25) is 5.91 Å². The normalized spacial score (nSPS) is 18.4. The number of hydrogen-bond acceptors (Lipinski definition) is 4. The lowest BCUT2D eigenvalue weighted by molar-refractivity contribution is -0.136. The number of aromatic nitrogens is 1. The van der Waals surface area contributed by atoms with Crippen LogP contribution >= 0.6 is 11.3 Å². The number of likely N-dealkylation sites (tertiary alicyclic amines) is 1. The van der Waals surface area contributed by atoms with Crippen LogP contribution in [0.3, 0.4) is 0 Å². The molecule has 0 saturated carbocycles. The van der Waals surface area contributed by atoms with Crippen LogP contribution < -0.4 is 0 Å². The molecule has 4 nitrogen and oxygen atoms in total. The number of hydrogen-bond donors (Lipinski definition) is 1. The molecule has 0 bridgehead atoms. The van der Waals surface area contributed by atoms with Crippen LogP contribution in [0.4, 0.5) is 0 Å². The molecular formula is C19H24N2O2S. The molecule has 0 aliphatic carbocycles. The molecule has 0 spiro atoms. The molecule has 1 fully saturated rings. The fourth-order valence-electron chi connectivity index (χ4n) is 3.24. The molecule has 1 amide bonds. The van der Waals surface area contributed by atoms with Gasteiger partial charge in [0, 0.05) is 30.6 Å². The van der Waals surface area contributed by atoms with Crippen molar-refractivity contribution < 1.29 is 9.90 Å². The Morgan fingerprint density at radius 3 is 2.58 bits per heavy atom. The zero-order valence-electron chi connectivity index (χ0n) is 14.2. The molecular weight excluding hydrogens is 320 g/mol. The first-order valence-corrected chi connectivity index (χ1v) is 9.32. The maximum absolute atomic E-state index is 12.7. The lowest BCUT2D eigenvalue weighted by Crippen LogP contribution is -2.48. The van der Waals surface area contributed by atoms with Gasteiger partial charge in [-0.2, -0.15) is 0 Å². The van der Waals surface area contributed by atoms with Gasteiger partial charge in [0.25, 0.3) is 0 Å². The van der Waals surface area contributed by atoms with Crippen molar-refractivity contribution in [3.63, 3.8) is 0 Å². The summed E-state index contributed by atoms with van der Waals surface area (Å²) in [5, 5.41) is 13.8. The van der Waals surface area contributed by atoms with Crippen LogP contribution in [0, 0.1) is 6.92 Å². The molecule has 24 heavy (non-hydrogen) atoms. The molecule has 1 saturated heterocycles. The van der Waals surface area contributed by atoms with E-state index in [0.717, 1.165) is 16.3 Å². The van der Waals surface area contributed by atoms with Gasteiger partial charge in [0.1, 0.15) is 0 Å². The minimum atomic E-state index is -0.739. The Morgan fingerprint density at radius 2 is 2.00 bits per heavy atom. The molecule has 2 heterocycles. The van der Waals surface area contributed by atoms with Gasteiger partial charge in [-0.3, -0.25) is 4.79 Å². The first-order chi connectivity index (χ1) is 11.5. The van der Waals surface area contributed by atoms with Gasteiger partial charge in [-0.1, -0.05) is 30.3 Å². The van der Waals surface area contributed by atoms with Crippen LogP contribution in [-0.2, 0) is 11.2 Å². The maximum atomic E-state index is 12.7. The molecule has 1 aliphatic heterocycles. The van der Waals surface area contributed by atoms with Crippen molar-refractivity contribution in [2.24, 2.45) is 0 Å². The number of nitrogens with zero attached hydrogens (tertiary/aromatic N) is 2. The summed E-state index contributed by atoms with van der Waals surface area (Å²) in [6.07, 6.45) is 1.81. The molecule has 1 aromatic heterocycles. The van der Waals surface area contributed by atoms with E-state index in [2.05, 4.69) is 4.98 Å². The number of amides is 1. The number of aryl methyl sites for hydroxylation is 1. The highest BCUT2D eigenvalue weighted by molar-refractivity contribution is 7.09. The Hall–Kier alpha value is -1.72. The fourth-order valence-corrected chi connectivity index (χ4v) is 4.15. The molecule has 3 rings (SSSR count). The van der Waals surface area contributed by atoms with Gasteiger partial charge in [0.05, 0.1) is 16.5 Å². The van der Waals surface area contributed by atoms with Crippen molar-refractivity contribution in [1.82, 2.24) is 9.88 Å². The number of carbonyl (C=O) groups excluding carboxylic acids is 1. The van der Waals surface area contributed by atoms with E-state index in [1.807, 2.05) is 54.5 Å². The smallest absolute Gasteiger partial charge is 0.229 e. The van der Waals surface area contributed by atoms with E-state index in [1.54, 1.807) is 11.3 Å². The second-order valence-corrected chi connectivity index (χ2v) is 7.68. The predicted molar refractivity (Wildman–Crippen MR) is 96.2 cm³/mol. The highest BCUT2D eigenvalue weighted by atomic mass is 32.1. The number of piperidine rings is 1. The summed E-state index contributed by atoms with van der Waals surface area (Å²) in [7, 11) is 0. The molecule has 1 atom stereocenters. The zero-order chi connectivity index (χ0) is 17.2. The molecule has 2 aromatic rings. The zero-order valence-corrected chi connectivity index (χ0v) is 15.1. The van der Waals surface area contributed by atoms with Crippen molar-refractivity contribution >= 4 is 17.2 Å². The van der Waals surface area contributed by atoms with E-state index in [-0.39, 0.29) is 11.8 Å². The summed E-state index contributed by atoms with van der Waals surface area (Å²) in [5.41, 5.74) is 1.31. The van der Waals surface area contributed by atoms with Crippen molar-refractivity contribution in [3.05, 3.63) is 52.0 Å².